The van der Waals surface area contributed by atoms with Crippen LogP contribution in [0.3, 0.4) is 0 Å². The van der Waals surface area contributed by atoms with E-state index in [1.807, 2.05) is 80.5 Å². The zero-order valence-corrected chi connectivity index (χ0v) is 24.7. The van der Waals surface area contributed by atoms with Gasteiger partial charge in [-0.15, -0.1) is 0 Å². The first kappa shape index (κ1) is 26.9. The number of anilines is 1. The number of rotatable bonds is 6. The lowest BCUT2D eigenvalue weighted by Crippen LogP contribution is -2.39. The molecule has 5 rings (SSSR count). The van der Waals surface area contributed by atoms with Crippen molar-refractivity contribution in [2.75, 3.05) is 25.6 Å². The minimum absolute atomic E-state index is 0.226. The molecule has 0 amide bonds. The summed E-state index contributed by atoms with van der Waals surface area (Å²) < 4.78 is 14.5. The smallest absolute Gasteiger partial charge is 0.338 e. The zero-order chi connectivity index (χ0) is 27.8. The number of allylic oxidation sites excluding steroid dienone is 1. The number of carbonyl (C=O) groups excluding carboxylic acids is 1. The van der Waals surface area contributed by atoms with Gasteiger partial charge in [0.15, 0.2) is 4.80 Å². The first-order chi connectivity index (χ1) is 18.7. The van der Waals surface area contributed by atoms with Crippen LogP contribution in [0.15, 0.2) is 84.5 Å². The number of aryl methyl sites for hydroxylation is 1. The lowest BCUT2D eigenvalue weighted by molar-refractivity contribution is -0.139. The van der Waals surface area contributed by atoms with Crippen molar-refractivity contribution in [1.82, 2.24) is 4.57 Å². The van der Waals surface area contributed by atoms with Crippen LogP contribution in [0.5, 0.6) is 0 Å². The average Bonchev–Trinajstić information content (AvgIpc) is 3.47. The third-order valence-electron chi connectivity index (χ3n) is 6.53. The van der Waals surface area contributed by atoms with E-state index in [0.717, 1.165) is 26.9 Å². The van der Waals surface area contributed by atoms with Gasteiger partial charge in [-0.05, 0) is 68.3 Å². The molecule has 200 valence electrons. The van der Waals surface area contributed by atoms with Crippen molar-refractivity contribution < 1.29 is 13.9 Å². The summed E-state index contributed by atoms with van der Waals surface area (Å²) in [6.45, 7) is 5.80. The molecule has 0 bridgehead atoms. The van der Waals surface area contributed by atoms with Gasteiger partial charge in [0.2, 0.25) is 0 Å². The number of esters is 1. The highest BCUT2D eigenvalue weighted by Crippen LogP contribution is 2.32. The SMILES string of the molecule is CCOC(=O)C1=C(C)N=c2s/c(=C\c3ccc(-c4ccc(C)cc4Br)o3)c(=O)n2C1c1ccc(N(C)C)cc1. The molecule has 9 heteroatoms. The number of aromatic nitrogens is 1. The molecule has 4 aromatic rings. The molecule has 1 unspecified atom stereocenters. The van der Waals surface area contributed by atoms with E-state index >= 15 is 0 Å². The van der Waals surface area contributed by atoms with Crippen molar-refractivity contribution in [2.24, 2.45) is 4.99 Å². The molecule has 39 heavy (non-hydrogen) atoms. The fourth-order valence-corrected chi connectivity index (χ4v) is 6.30. The van der Waals surface area contributed by atoms with Gasteiger partial charge in [-0.2, -0.15) is 0 Å². The molecule has 0 N–H and O–H groups in total. The van der Waals surface area contributed by atoms with E-state index in [-0.39, 0.29) is 12.2 Å². The van der Waals surface area contributed by atoms with Gasteiger partial charge in [0.1, 0.15) is 11.5 Å². The van der Waals surface area contributed by atoms with Gasteiger partial charge in [-0.1, -0.05) is 45.5 Å². The summed E-state index contributed by atoms with van der Waals surface area (Å²) in [6, 6.07) is 16.9. The number of thiazole rings is 1. The first-order valence-electron chi connectivity index (χ1n) is 12.5. The number of ether oxygens (including phenoxy) is 1. The van der Waals surface area contributed by atoms with Gasteiger partial charge in [0.05, 0.1) is 28.5 Å². The quantitative estimate of drug-likeness (QED) is 0.283. The van der Waals surface area contributed by atoms with Gasteiger partial charge < -0.3 is 14.1 Å². The highest BCUT2D eigenvalue weighted by molar-refractivity contribution is 9.10. The van der Waals surface area contributed by atoms with Gasteiger partial charge in [0.25, 0.3) is 5.56 Å². The van der Waals surface area contributed by atoms with Crippen LogP contribution in [0.25, 0.3) is 17.4 Å². The summed E-state index contributed by atoms with van der Waals surface area (Å²) in [5.41, 5.74) is 4.53. The molecule has 0 fully saturated rings. The summed E-state index contributed by atoms with van der Waals surface area (Å²) in [6.07, 6.45) is 1.73. The molecule has 0 aliphatic carbocycles. The Morgan fingerprint density at radius 3 is 2.56 bits per heavy atom. The van der Waals surface area contributed by atoms with Crippen LogP contribution in [0, 0.1) is 6.92 Å². The second kappa shape index (κ2) is 10.8. The number of nitrogens with zero attached hydrogens (tertiary/aromatic N) is 3. The number of hydrogen-bond donors (Lipinski definition) is 0. The number of hydrogen-bond acceptors (Lipinski definition) is 7. The maximum atomic E-state index is 13.8. The van der Waals surface area contributed by atoms with E-state index in [2.05, 4.69) is 20.9 Å². The Morgan fingerprint density at radius 1 is 1.15 bits per heavy atom. The topological polar surface area (TPSA) is 77.0 Å². The van der Waals surface area contributed by atoms with Crippen LogP contribution in [0.4, 0.5) is 5.69 Å². The molecule has 0 saturated heterocycles. The molecule has 7 nitrogen and oxygen atoms in total. The summed E-state index contributed by atoms with van der Waals surface area (Å²) in [5, 5.41) is 0. The van der Waals surface area contributed by atoms with Crippen LogP contribution < -0.4 is 19.8 Å². The number of fused-ring (bicyclic) bond motifs is 1. The van der Waals surface area contributed by atoms with Crippen LogP contribution in [-0.2, 0) is 9.53 Å². The maximum Gasteiger partial charge on any atom is 0.338 e. The second-order valence-corrected chi connectivity index (χ2v) is 11.3. The molecule has 0 saturated carbocycles. The molecule has 0 radical (unpaired) electrons. The van der Waals surface area contributed by atoms with E-state index < -0.39 is 12.0 Å². The average molecular weight is 607 g/mol. The largest absolute Gasteiger partial charge is 0.463 e. The number of furan rings is 1. The highest BCUT2D eigenvalue weighted by Gasteiger charge is 2.33. The Bertz CT molecular complexity index is 1780. The van der Waals surface area contributed by atoms with Crippen molar-refractivity contribution >= 4 is 45.0 Å². The second-order valence-electron chi connectivity index (χ2n) is 9.47. The van der Waals surface area contributed by atoms with Gasteiger partial charge >= 0.3 is 5.97 Å². The van der Waals surface area contributed by atoms with E-state index in [9.17, 15) is 9.59 Å². The van der Waals surface area contributed by atoms with Crippen LogP contribution in [0.2, 0.25) is 0 Å². The van der Waals surface area contributed by atoms with Crippen molar-refractivity contribution in [1.29, 1.82) is 0 Å². The molecule has 2 aromatic heterocycles. The van der Waals surface area contributed by atoms with E-state index in [4.69, 9.17) is 9.15 Å². The van der Waals surface area contributed by atoms with Gasteiger partial charge in [-0.25, -0.2) is 9.79 Å². The van der Waals surface area contributed by atoms with Crippen LogP contribution in [0.1, 0.15) is 36.8 Å². The van der Waals surface area contributed by atoms with Crippen LogP contribution >= 0.6 is 27.3 Å². The Labute approximate surface area is 238 Å². The molecule has 1 aliphatic rings. The van der Waals surface area contributed by atoms with Crippen molar-refractivity contribution in [2.45, 2.75) is 26.8 Å². The molecule has 1 aliphatic heterocycles. The lowest BCUT2D eigenvalue weighted by Gasteiger charge is -2.25. The maximum absolute atomic E-state index is 13.8. The van der Waals surface area contributed by atoms with Crippen molar-refractivity contribution in [3.63, 3.8) is 0 Å². The molecular formula is C30H28BrN3O4S. The van der Waals surface area contributed by atoms with E-state index in [1.54, 1.807) is 24.5 Å². The number of carbonyl (C=O) groups is 1. The number of halogens is 1. The van der Waals surface area contributed by atoms with E-state index in [1.165, 1.54) is 11.3 Å². The lowest BCUT2D eigenvalue weighted by atomic mass is 9.95. The first-order valence-corrected chi connectivity index (χ1v) is 14.1. The normalized spacial score (nSPS) is 15.2. The molecular weight excluding hydrogens is 578 g/mol. The fourth-order valence-electron chi connectivity index (χ4n) is 4.59. The zero-order valence-electron chi connectivity index (χ0n) is 22.3. The third-order valence-corrected chi connectivity index (χ3v) is 8.17. The molecule has 2 aromatic carbocycles. The van der Waals surface area contributed by atoms with Gasteiger partial charge in [0, 0.05) is 35.9 Å². The summed E-state index contributed by atoms with van der Waals surface area (Å²) >= 11 is 4.87. The number of benzene rings is 2. The molecule has 0 spiro atoms. The Balaban J connectivity index is 1.63. The van der Waals surface area contributed by atoms with Gasteiger partial charge in [-0.3, -0.25) is 9.36 Å². The van der Waals surface area contributed by atoms with E-state index in [0.29, 0.717) is 32.1 Å². The van der Waals surface area contributed by atoms with Crippen molar-refractivity contribution in [3.05, 3.63) is 107 Å². The predicted molar refractivity (Wildman–Crippen MR) is 158 cm³/mol. The monoisotopic (exact) mass is 605 g/mol. The third kappa shape index (κ3) is 5.16. The molecule has 1 atom stereocenters. The minimum atomic E-state index is -0.658. The Morgan fingerprint density at radius 2 is 1.90 bits per heavy atom. The summed E-state index contributed by atoms with van der Waals surface area (Å²) in [5.74, 6) is 0.769. The summed E-state index contributed by atoms with van der Waals surface area (Å²) in [4.78, 5) is 34.1. The molecule has 3 heterocycles. The Kier molecular flexibility index (Phi) is 7.46. The minimum Gasteiger partial charge on any atom is -0.463 e. The van der Waals surface area contributed by atoms with Crippen LogP contribution in [-0.4, -0.2) is 31.2 Å². The standard InChI is InChI=1S/C30H28BrN3O4S/c1-6-37-29(36)26-18(3)32-30-34(27(26)19-8-10-20(11-9-19)33(4)5)28(35)25(39-30)16-21-12-14-24(38-21)22-13-7-17(2)15-23(22)31/h7-16,27H,6H2,1-5H3/b25-16-. The fraction of sp³-hybridized carbons (Fsp3) is 0.233. The predicted octanol–water partition coefficient (Wildman–Crippen LogP) is 5.20. The van der Waals surface area contributed by atoms with Crippen molar-refractivity contribution in [3.8, 4) is 11.3 Å². The highest BCUT2D eigenvalue weighted by atomic mass is 79.9. The Hall–Kier alpha value is -3.69. The summed E-state index contributed by atoms with van der Waals surface area (Å²) in [7, 11) is 3.92.